The molecule has 20 heavy (non-hydrogen) atoms. The lowest BCUT2D eigenvalue weighted by atomic mass is 10.1. The number of hydrogen-bond acceptors (Lipinski definition) is 4. The molecule has 1 rings (SSSR count). The first-order chi connectivity index (χ1) is 9.45. The second kappa shape index (κ2) is 8.04. The number of anilines is 1. The molecule has 0 unspecified atom stereocenters. The summed E-state index contributed by atoms with van der Waals surface area (Å²) in [7, 11) is 3.36. The summed E-state index contributed by atoms with van der Waals surface area (Å²) in [4.78, 5) is 13.8. The van der Waals surface area contributed by atoms with Gasteiger partial charge in [-0.1, -0.05) is 23.8 Å². The van der Waals surface area contributed by atoms with Gasteiger partial charge in [-0.2, -0.15) is 0 Å². The van der Waals surface area contributed by atoms with Crippen LogP contribution in [0.5, 0.6) is 0 Å². The third-order valence-electron chi connectivity index (χ3n) is 2.65. The lowest BCUT2D eigenvalue weighted by Crippen LogP contribution is -2.37. The average Bonchev–Trinajstić information content (AvgIpc) is 2.38. The van der Waals surface area contributed by atoms with Gasteiger partial charge in [0.1, 0.15) is 4.99 Å². The first-order valence-corrected chi connectivity index (χ1v) is 6.80. The highest BCUT2D eigenvalue weighted by Gasteiger charge is 2.13. The number of thiocarbonyl (C=S) groups is 1. The molecule has 0 aliphatic heterocycles. The molecule has 0 saturated carbocycles. The molecule has 1 aromatic rings. The number of hydrogen-bond donors (Lipinski definition) is 2. The number of methoxy groups -OCH3 is 1. The summed E-state index contributed by atoms with van der Waals surface area (Å²) in [6.07, 6.45) is 0. The third kappa shape index (κ3) is 4.96. The van der Waals surface area contributed by atoms with Crippen molar-refractivity contribution in [3.05, 3.63) is 28.8 Å². The van der Waals surface area contributed by atoms with Crippen LogP contribution < -0.4 is 16.0 Å². The number of nitrogens with one attached hydrogen (secondary N) is 1. The van der Waals surface area contributed by atoms with Gasteiger partial charge in [-0.25, -0.2) is 0 Å². The monoisotopic (exact) mass is 315 g/mol. The van der Waals surface area contributed by atoms with Crippen molar-refractivity contribution >= 4 is 40.4 Å². The van der Waals surface area contributed by atoms with E-state index >= 15 is 0 Å². The number of likely N-dealkylation sites (N-methyl/N-ethyl adjacent to an activating group) is 1. The van der Waals surface area contributed by atoms with Gasteiger partial charge in [0.05, 0.1) is 13.2 Å². The number of nitrogens with zero attached hydrogens (tertiary/aromatic N) is 1. The minimum absolute atomic E-state index is 0.113. The maximum Gasteiger partial charge on any atom is 0.239 e. The molecule has 3 N–H and O–H groups in total. The van der Waals surface area contributed by atoms with E-state index < -0.39 is 0 Å². The number of rotatable bonds is 7. The fourth-order valence-corrected chi connectivity index (χ4v) is 2.02. The molecular formula is C13H18ClN3O2S. The van der Waals surface area contributed by atoms with Gasteiger partial charge in [0.2, 0.25) is 5.91 Å². The summed E-state index contributed by atoms with van der Waals surface area (Å²) in [5, 5.41) is 3.31. The largest absolute Gasteiger partial charge is 0.389 e. The van der Waals surface area contributed by atoms with Gasteiger partial charge in [-0.05, 0) is 18.2 Å². The molecule has 0 atom stereocenters. The van der Waals surface area contributed by atoms with Crippen LogP contribution in [0.4, 0.5) is 5.69 Å². The highest BCUT2D eigenvalue weighted by Crippen LogP contribution is 2.24. The molecule has 0 radical (unpaired) electrons. The zero-order chi connectivity index (χ0) is 15.1. The first kappa shape index (κ1) is 16.7. The lowest BCUT2D eigenvalue weighted by molar-refractivity contribution is -0.119. The van der Waals surface area contributed by atoms with Crippen molar-refractivity contribution in [1.82, 2.24) is 5.32 Å². The Labute approximate surface area is 129 Å². The Balaban J connectivity index is 2.76. The molecule has 0 heterocycles. The molecular weight excluding hydrogens is 298 g/mol. The number of benzene rings is 1. The molecule has 1 amide bonds. The third-order valence-corrected chi connectivity index (χ3v) is 3.10. The van der Waals surface area contributed by atoms with E-state index in [-0.39, 0.29) is 17.4 Å². The van der Waals surface area contributed by atoms with Gasteiger partial charge >= 0.3 is 0 Å². The molecule has 0 spiro atoms. The quantitative estimate of drug-likeness (QED) is 0.584. The summed E-state index contributed by atoms with van der Waals surface area (Å²) in [5.74, 6) is -0.113. The summed E-state index contributed by atoms with van der Waals surface area (Å²) < 4.78 is 4.87. The molecule has 0 aromatic heterocycles. The molecule has 0 fully saturated rings. The molecule has 7 heteroatoms. The van der Waals surface area contributed by atoms with Crippen LogP contribution in [0, 0.1) is 0 Å². The van der Waals surface area contributed by atoms with Crippen LogP contribution in [0.3, 0.4) is 0 Å². The van der Waals surface area contributed by atoms with Gasteiger partial charge in [-0.3, -0.25) is 4.79 Å². The fourth-order valence-electron chi connectivity index (χ4n) is 1.68. The van der Waals surface area contributed by atoms with Crippen LogP contribution in [-0.2, 0) is 9.53 Å². The van der Waals surface area contributed by atoms with E-state index in [1.54, 1.807) is 37.3 Å². The number of amides is 1. The van der Waals surface area contributed by atoms with Gasteiger partial charge in [0.25, 0.3) is 0 Å². The zero-order valence-corrected chi connectivity index (χ0v) is 13.1. The second-order valence-electron chi connectivity index (χ2n) is 4.22. The summed E-state index contributed by atoms with van der Waals surface area (Å²) in [5.41, 5.74) is 7.10. The predicted molar refractivity (Wildman–Crippen MR) is 85.5 cm³/mol. The van der Waals surface area contributed by atoms with E-state index in [0.717, 1.165) is 5.69 Å². The molecule has 0 bridgehead atoms. The van der Waals surface area contributed by atoms with Gasteiger partial charge < -0.3 is 20.7 Å². The van der Waals surface area contributed by atoms with E-state index in [0.29, 0.717) is 23.7 Å². The number of nitrogens with two attached hydrogens (primary N) is 1. The number of carbonyl (C=O) groups excluding carboxylic acids is 1. The van der Waals surface area contributed by atoms with Gasteiger partial charge in [0, 0.05) is 37.0 Å². The van der Waals surface area contributed by atoms with Crippen LogP contribution in [0.2, 0.25) is 5.02 Å². The van der Waals surface area contributed by atoms with Crippen molar-refractivity contribution in [2.45, 2.75) is 0 Å². The van der Waals surface area contributed by atoms with Crippen molar-refractivity contribution < 1.29 is 9.53 Å². The van der Waals surface area contributed by atoms with Crippen molar-refractivity contribution in [3.63, 3.8) is 0 Å². The maximum atomic E-state index is 11.8. The lowest BCUT2D eigenvalue weighted by Gasteiger charge is -2.22. The van der Waals surface area contributed by atoms with Crippen LogP contribution in [0.1, 0.15) is 5.56 Å². The second-order valence-corrected chi connectivity index (χ2v) is 5.10. The summed E-state index contributed by atoms with van der Waals surface area (Å²) in [6.45, 7) is 1.13. The van der Waals surface area contributed by atoms with Crippen LogP contribution in [-0.4, -0.2) is 44.7 Å². The topological polar surface area (TPSA) is 67.6 Å². The summed E-state index contributed by atoms with van der Waals surface area (Å²) >= 11 is 11.0. The molecule has 110 valence electrons. The van der Waals surface area contributed by atoms with Gasteiger partial charge in [0.15, 0.2) is 0 Å². The highest BCUT2D eigenvalue weighted by molar-refractivity contribution is 7.80. The first-order valence-electron chi connectivity index (χ1n) is 6.02. The molecule has 0 saturated heterocycles. The minimum atomic E-state index is -0.113. The molecule has 1 aromatic carbocycles. The number of carbonyl (C=O) groups is 1. The molecule has 0 aliphatic carbocycles. The van der Waals surface area contributed by atoms with Gasteiger partial charge in [-0.15, -0.1) is 0 Å². The van der Waals surface area contributed by atoms with E-state index in [4.69, 9.17) is 34.3 Å². The Kier molecular flexibility index (Phi) is 6.70. The SMILES string of the molecule is COCCNC(=O)CN(C)c1cc(Cl)ccc1C(N)=S. The van der Waals surface area contributed by atoms with Crippen LogP contribution in [0.25, 0.3) is 0 Å². The summed E-state index contributed by atoms with van der Waals surface area (Å²) in [6, 6.07) is 5.20. The Morgan fingerprint density at radius 2 is 2.25 bits per heavy atom. The Morgan fingerprint density at radius 1 is 1.55 bits per heavy atom. The standard InChI is InChI=1S/C13H18ClN3O2S/c1-17(8-12(18)16-5-6-19-2)11-7-9(14)3-4-10(11)13(15)20/h3-4,7H,5-6,8H2,1-2H3,(H2,15,20)(H,16,18). The van der Waals surface area contributed by atoms with Crippen molar-refractivity contribution in [2.75, 3.05) is 38.8 Å². The molecule has 5 nitrogen and oxygen atoms in total. The number of halogens is 1. The van der Waals surface area contributed by atoms with Crippen molar-refractivity contribution in [1.29, 1.82) is 0 Å². The number of ether oxygens (including phenoxy) is 1. The fraction of sp³-hybridized carbons (Fsp3) is 0.385. The zero-order valence-electron chi connectivity index (χ0n) is 11.5. The Hall–Kier alpha value is -1.37. The Morgan fingerprint density at radius 3 is 2.85 bits per heavy atom. The molecule has 0 aliphatic rings. The van der Waals surface area contributed by atoms with E-state index in [9.17, 15) is 4.79 Å². The smallest absolute Gasteiger partial charge is 0.239 e. The van der Waals surface area contributed by atoms with E-state index in [1.807, 2.05) is 0 Å². The van der Waals surface area contributed by atoms with Crippen molar-refractivity contribution in [2.24, 2.45) is 5.73 Å². The van der Waals surface area contributed by atoms with Crippen molar-refractivity contribution in [3.8, 4) is 0 Å². The normalized spacial score (nSPS) is 10.2. The van der Waals surface area contributed by atoms with E-state index in [2.05, 4.69) is 5.32 Å². The van der Waals surface area contributed by atoms with Crippen LogP contribution >= 0.6 is 23.8 Å². The van der Waals surface area contributed by atoms with Crippen LogP contribution in [0.15, 0.2) is 18.2 Å². The average molecular weight is 316 g/mol. The minimum Gasteiger partial charge on any atom is -0.389 e. The highest BCUT2D eigenvalue weighted by atomic mass is 35.5. The maximum absolute atomic E-state index is 11.8. The predicted octanol–water partition coefficient (Wildman–Crippen LogP) is 1.17. The van der Waals surface area contributed by atoms with E-state index in [1.165, 1.54) is 0 Å². The Bertz CT molecular complexity index is 497.